The monoisotopic (exact) mass is 852 g/mol. The summed E-state index contributed by atoms with van der Waals surface area (Å²) in [5, 5.41) is 44.8. The zero-order valence-corrected chi connectivity index (χ0v) is 37.7. The quantitative estimate of drug-likeness (QED) is 0.0254. The van der Waals surface area contributed by atoms with Crippen molar-refractivity contribution in [3.63, 3.8) is 0 Å². The molecule has 7 unspecified atom stereocenters. The van der Waals surface area contributed by atoms with Gasteiger partial charge >= 0.3 is 10.4 Å². The van der Waals surface area contributed by atoms with Gasteiger partial charge in [0.2, 0.25) is 5.91 Å². The molecule has 0 spiro atoms. The van der Waals surface area contributed by atoms with E-state index in [0.717, 1.165) is 51.4 Å². The van der Waals surface area contributed by atoms with Crippen LogP contribution >= 0.6 is 0 Å². The van der Waals surface area contributed by atoms with Crippen molar-refractivity contribution in [3.05, 3.63) is 0 Å². The molecule has 6 N–H and O–H groups in total. The summed E-state index contributed by atoms with van der Waals surface area (Å²) in [7, 11) is -5.07. The van der Waals surface area contributed by atoms with E-state index >= 15 is 0 Å². The molecule has 1 fully saturated rings. The van der Waals surface area contributed by atoms with Gasteiger partial charge in [0.05, 0.1) is 25.4 Å². The fourth-order valence-electron chi connectivity index (χ4n) is 7.93. The van der Waals surface area contributed by atoms with Crippen molar-refractivity contribution in [2.75, 3.05) is 13.2 Å². The number of hydrogen-bond acceptors (Lipinski definition) is 10. The molecule has 0 aromatic carbocycles. The molecule has 1 amide bonds. The number of ether oxygens (including phenoxy) is 2. The normalized spacial score (nSPS) is 21.0. The van der Waals surface area contributed by atoms with Crippen LogP contribution < -0.4 is 5.32 Å². The van der Waals surface area contributed by atoms with Crippen LogP contribution in [-0.2, 0) is 28.9 Å². The lowest BCUT2D eigenvalue weighted by molar-refractivity contribution is -0.298. The van der Waals surface area contributed by atoms with Crippen molar-refractivity contribution in [2.24, 2.45) is 0 Å². The predicted octanol–water partition coefficient (Wildman–Crippen LogP) is 9.39. The summed E-state index contributed by atoms with van der Waals surface area (Å²) in [4.78, 5) is 13.0. The van der Waals surface area contributed by atoms with Crippen LogP contribution in [0.4, 0.5) is 0 Å². The molecule has 346 valence electrons. The van der Waals surface area contributed by atoms with E-state index in [2.05, 4.69) is 23.3 Å². The van der Waals surface area contributed by atoms with Gasteiger partial charge < -0.3 is 35.2 Å². The highest BCUT2D eigenvalue weighted by Crippen LogP contribution is 2.26. The maximum Gasteiger partial charge on any atom is 0.397 e. The van der Waals surface area contributed by atoms with E-state index in [0.29, 0.717) is 12.8 Å². The number of nitrogens with one attached hydrogen (secondary N) is 1. The molecule has 13 heteroatoms. The summed E-state index contributed by atoms with van der Waals surface area (Å²) >= 11 is 0. The lowest BCUT2D eigenvalue weighted by Crippen LogP contribution is -2.61. The molecule has 1 heterocycles. The second kappa shape index (κ2) is 36.7. The molecule has 1 aliphatic rings. The van der Waals surface area contributed by atoms with Gasteiger partial charge in [0.15, 0.2) is 6.29 Å². The van der Waals surface area contributed by atoms with Crippen LogP contribution in [0.3, 0.4) is 0 Å². The van der Waals surface area contributed by atoms with Crippen LogP contribution in [0.5, 0.6) is 0 Å². The fourth-order valence-corrected chi connectivity index (χ4v) is 8.44. The van der Waals surface area contributed by atoms with E-state index in [9.17, 15) is 38.2 Å². The molecule has 1 rings (SSSR count). The van der Waals surface area contributed by atoms with Crippen molar-refractivity contribution in [1.29, 1.82) is 0 Å². The smallest absolute Gasteiger partial charge is 0.394 e. The van der Waals surface area contributed by atoms with Gasteiger partial charge in [-0.3, -0.25) is 9.35 Å². The molecule has 1 aliphatic heterocycles. The number of rotatable bonds is 41. The predicted molar refractivity (Wildman–Crippen MR) is 232 cm³/mol. The molecule has 0 bridgehead atoms. The summed E-state index contributed by atoms with van der Waals surface area (Å²) in [6.45, 7) is 3.45. The molecule has 0 aliphatic carbocycles. The average Bonchev–Trinajstić information content (AvgIpc) is 3.19. The Morgan fingerprint density at radius 3 is 1.38 bits per heavy atom. The van der Waals surface area contributed by atoms with Gasteiger partial charge in [-0.05, 0) is 12.8 Å². The van der Waals surface area contributed by atoms with Crippen molar-refractivity contribution in [2.45, 2.75) is 269 Å². The number of carbonyl (C=O) groups excluding carboxylic acids is 1. The first kappa shape index (κ1) is 55.1. The van der Waals surface area contributed by atoms with E-state index in [4.69, 9.17) is 9.47 Å². The molecule has 58 heavy (non-hydrogen) atoms. The van der Waals surface area contributed by atoms with Gasteiger partial charge in [-0.25, -0.2) is 4.18 Å². The van der Waals surface area contributed by atoms with E-state index in [1.807, 2.05) is 0 Å². The van der Waals surface area contributed by atoms with Crippen LogP contribution in [0.15, 0.2) is 0 Å². The third-order valence-corrected chi connectivity index (χ3v) is 12.1. The lowest BCUT2D eigenvalue weighted by Gasteiger charge is -2.41. The van der Waals surface area contributed by atoms with Gasteiger partial charge in [-0.2, -0.15) is 8.42 Å². The molecule has 7 atom stereocenters. The number of unbranched alkanes of at least 4 members (excludes halogenated alkanes) is 29. The van der Waals surface area contributed by atoms with Crippen LogP contribution in [0.2, 0.25) is 0 Å². The van der Waals surface area contributed by atoms with Gasteiger partial charge in [-0.15, -0.1) is 0 Å². The lowest BCUT2D eigenvalue weighted by atomic mass is 9.99. The molecule has 0 aromatic rings. The Morgan fingerprint density at radius 1 is 0.621 bits per heavy atom. The number of aliphatic hydroxyl groups is 4. The van der Waals surface area contributed by atoms with Crippen LogP contribution in [0, 0.1) is 0 Å². The highest BCUT2D eigenvalue weighted by molar-refractivity contribution is 7.80. The van der Waals surface area contributed by atoms with E-state index in [-0.39, 0.29) is 12.5 Å². The Balaban J connectivity index is 2.43. The second-order valence-electron chi connectivity index (χ2n) is 17.1. The number of carbonyl (C=O) groups is 1. The first-order valence-corrected chi connectivity index (χ1v) is 25.3. The first-order chi connectivity index (χ1) is 28.0. The third-order valence-electron chi connectivity index (χ3n) is 11.7. The maximum atomic E-state index is 13.0. The minimum absolute atomic E-state index is 0.228. The van der Waals surface area contributed by atoms with Gasteiger partial charge in [-0.1, -0.05) is 206 Å². The summed E-state index contributed by atoms with van der Waals surface area (Å²) in [6.07, 6.45) is 29.7. The molecule has 12 nitrogen and oxygen atoms in total. The summed E-state index contributed by atoms with van der Waals surface area (Å²) < 4.78 is 47.6. The van der Waals surface area contributed by atoms with Crippen molar-refractivity contribution in [3.8, 4) is 0 Å². The average molecular weight is 852 g/mol. The van der Waals surface area contributed by atoms with Crippen molar-refractivity contribution >= 4 is 16.3 Å². The molecular formula is C45H89NO11S. The molecule has 1 saturated heterocycles. The van der Waals surface area contributed by atoms with Crippen LogP contribution in [-0.4, -0.2) is 95.4 Å². The van der Waals surface area contributed by atoms with Gasteiger partial charge in [0.25, 0.3) is 0 Å². The largest absolute Gasteiger partial charge is 0.397 e. The highest BCUT2D eigenvalue weighted by atomic mass is 32.3. The second-order valence-corrected chi connectivity index (χ2v) is 18.1. The third kappa shape index (κ3) is 29.4. The summed E-state index contributed by atoms with van der Waals surface area (Å²) in [5.74, 6) is -0.228. The van der Waals surface area contributed by atoms with Crippen LogP contribution in [0.25, 0.3) is 0 Å². The Kier molecular flexibility index (Phi) is 34.9. The Labute approximate surface area is 354 Å². The topological polar surface area (TPSA) is 192 Å². The van der Waals surface area contributed by atoms with Crippen LogP contribution in [0.1, 0.15) is 226 Å². The molecule has 0 saturated carbocycles. The standard InChI is InChI=1S/C45H89NO11S/c1-3-5-7-9-11-13-15-16-17-18-19-20-21-22-23-25-26-28-30-32-34-39(48)38(46-41(49)35-33-31-29-27-24-14-12-10-8-6-4-2)37-55-45-43(51)44(57-58(52,53)54)42(50)40(36-47)56-45/h38-40,42-45,47-48,50-51H,3-37H2,1-2H3,(H,46,49)(H,52,53,54). The zero-order valence-electron chi connectivity index (χ0n) is 36.9. The molecule has 0 radical (unpaired) electrons. The van der Waals surface area contributed by atoms with Crippen molar-refractivity contribution < 1.29 is 51.8 Å². The molecular weight excluding hydrogens is 763 g/mol. The maximum absolute atomic E-state index is 13.0. The van der Waals surface area contributed by atoms with E-state index < -0.39 is 59.9 Å². The minimum Gasteiger partial charge on any atom is -0.394 e. The number of aliphatic hydroxyl groups excluding tert-OH is 4. The summed E-state index contributed by atoms with van der Waals surface area (Å²) in [6, 6.07) is -0.850. The SMILES string of the molecule is CCCCCCCCCCCCCCCCCCCCCCC(O)C(COC1OC(CO)C(O)C(OS(=O)(=O)O)C1O)NC(=O)CCCCCCCCCCCCC. The highest BCUT2D eigenvalue weighted by Gasteiger charge is 2.48. The minimum atomic E-state index is -5.07. The Morgan fingerprint density at radius 2 is 1.00 bits per heavy atom. The number of hydrogen-bond donors (Lipinski definition) is 6. The van der Waals surface area contributed by atoms with E-state index in [1.54, 1.807) is 0 Å². The molecule has 0 aromatic heterocycles. The van der Waals surface area contributed by atoms with Gasteiger partial charge in [0.1, 0.15) is 24.4 Å². The summed E-state index contributed by atoms with van der Waals surface area (Å²) in [5.41, 5.74) is 0. The number of amides is 1. The fraction of sp³-hybridized carbons (Fsp3) is 0.978. The van der Waals surface area contributed by atoms with Gasteiger partial charge in [0, 0.05) is 6.42 Å². The Hall–Kier alpha value is -0.900. The first-order valence-electron chi connectivity index (χ1n) is 23.9. The Bertz CT molecular complexity index is 1050. The zero-order chi connectivity index (χ0) is 42.7. The van der Waals surface area contributed by atoms with Crippen molar-refractivity contribution in [1.82, 2.24) is 5.32 Å². The van der Waals surface area contributed by atoms with E-state index in [1.165, 1.54) is 148 Å².